The van der Waals surface area contributed by atoms with Gasteiger partial charge in [-0.15, -0.1) is 0 Å². The lowest BCUT2D eigenvalue weighted by atomic mass is 10.2. The SMILES string of the molecule is CN(C)C(=O)c1n[nH]c2c1CN(Cc1ccsc1)C2. The summed E-state index contributed by atoms with van der Waals surface area (Å²) in [6.45, 7) is 2.54. The van der Waals surface area contributed by atoms with E-state index in [2.05, 4.69) is 31.9 Å². The Labute approximate surface area is 115 Å². The lowest BCUT2D eigenvalue weighted by Crippen LogP contribution is -2.24. The van der Waals surface area contributed by atoms with Gasteiger partial charge in [0.2, 0.25) is 0 Å². The lowest BCUT2D eigenvalue weighted by molar-refractivity contribution is 0.0820. The maximum atomic E-state index is 12.0. The minimum Gasteiger partial charge on any atom is -0.343 e. The van der Waals surface area contributed by atoms with Gasteiger partial charge in [-0.25, -0.2) is 0 Å². The smallest absolute Gasteiger partial charge is 0.274 e. The Hall–Kier alpha value is -1.66. The zero-order chi connectivity index (χ0) is 13.4. The molecule has 1 aliphatic rings. The Morgan fingerprint density at radius 3 is 3.05 bits per heavy atom. The minimum absolute atomic E-state index is 0.0325. The number of fused-ring (bicyclic) bond motifs is 1. The molecule has 0 spiro atoms. The average Bonchev–Trinajstić information content (AvgIpc) is 3.04. The predicted molar refractivity (Wildman–Crippen MR) is 73.9 cm³/mol. The molecule has 1 amide bonds. The molecule has 6 heteroatoms. The number of nitrogens with zero attached hydrogens (tertiary/aromatic N) is 3. The van der Waals surface area contributed by atoms with Gasteiger partial charge in [0.05, 0.1) is 5.69 Å². The maximum absolute atomic E-state index is 12.0. The number of aromatic nitrogens is 2. The Morgan fingerprint density at radius 2 is 2.37 bits per heavy atom. The van der Waals surface area contributed by atoms with Crippen LogP contribution in [-0.4, -0.2) is 40.0 Å². The largest absolute Gasteiger partial charge is 0.343 e. The standard InChI is InChI=1S/C13H16N4OS/c1-16(2)13(18)12-10-6-17(7-11(10)14-15-12)5-9-3-4-19-8-9/h3-4,8H,5-7H2,1-2H3,(H,14,15). The molecule has 0 saturated heterocycles. The van der Waals surface area contributed by atoms with Gasteiger partial charge in [-0.2, -0.15) is 16.4 Å². The number of amides is 1. The van der Waals surface area contributed by atoms with E-state index >= 15 is 0 Å². The highest BCUT2D eigenvalue weighted by Crippen LogP contribution is 2.26. The van der Waals surface area contributed by atoms with E-state index < -0.39 is 0 Å². The molecule has 0 atom stereocenters. The summed E-state index contributed by atoms with van der Waals surface area (Å²) in [5.41, 5.74) is 4.01. The number of H-pyrrole nitrogens is 1. The minimum atomic E-state index is -0.0325. The van der Waals surface area contributed by atoms with Crippen molar-refractivity contribution in [2.45, 2.75) is 19.6 Å². The predicted octanol–water partition coefficient (Wildman–Crippen LogP) is 1.69. The molecule has 2 aromatic heterocycles. The molecule has 19 heavy (non-hydrogen) atoms. The van der Waals surface area contributed by atoms with Gasteiger partial charge < -0.3 is 4.90 Å². The maximum Gasteiger partial charge on any atom is 0.274 e. The summed E-state index contributed by atoms with van der Waals surface area (Å²) in [6, 6.07) is 2.14. The second-order valence-corrected chi connectivity index (χ2v) is 5.79. The monoisotopic (exact) mass is 276 g/mol. The molecule has 3 rings (SSSR count). The van der Waals surface area contributed by atoms with Crippen molar-refractivity contribution >= 4 is 17.2 Å². The number of aromatic amines is 1. The molecular weight excluding hydrogens is 260 g/mol. The van der Waals surface area contributed by atoms with Crippen LogP contribution in [-0.2, 0) is 19.6 Å². The third-order valence-electron chi connectivity index (χ3n) is 3.31. The fraction of sp³-hybridized carbons (Fsp3) is 0.385. The molecule has 3 heterocycles. The van der Waals surface area contributed by atoms with Crippen molar-refractivity contribution in [2.75, 3.05) is 14.1 Å². The Balaban J connectivity index is 1.76. The van der Waals surface area contributed by atoms with Crippen LogP contribution in [0.1, 0.15) is 27.3 Å². The fourth-order valence-electron chi connectivity index (χ4n) is 2.35. The second kappa shape index (κ2) is 4.79. The number of carbonyl (C=O) groups is 1. The molecule has 5 nitrogen and oxygen atoms in total. The summed E-state index contributed by atoms with van der Waals surface area (Å²) in [4.78, 5) is 15.9. The molecule has 0 fully saturated rings. The molecule has 1 N–H and O–H groups in total. The summed E-state index contributed by atoms with van der Waals surface area (Å²) in [5, 5.41) is 11.4. The van der Waals surface area contributed by atoms with Crippen LogP contribution in [0.25, 0.3) is 0 Å². The molecular formula is C13H16N4OS. The van der Waals surface area contributed by atoms with Gasteiger partial charge in [-0.05, 0) is 22.4 Å². The van der Waals surface area contributed by atoms with Crippen LogP contribution in [0.2, 0.25) is 0 Å². The first kappa shape index (κ1) is 12.4. The summed E-state index contributed by atoms with van der Waals surface area (Å²) >= 11 is 1.71. The van der Waals surface area contributed by atoms with Crippen molar-refractivity contribution in [3.63, 3.8) is 0 Å². The van der Waals surface area contributed by atoms with Crippen LogP contribution < -0.4 is 0 Å². The third kappa shape index (κ3) is 2.29. The highest BCUT2D eigenvalue weighted by molar-refractivity contribution is 7.07. The second-order valence-electron chi connectivity index (χ2n) is 5.01. The Bertz CT molecular complexity index is 588. The molecule has 0 aromatic carbocycles. The third-order valence-corrected chi connectivity index (χ3v) is 4.04. The van der Waals surface area contributed by atoms with Gasteiger partial charge in [-0.1, -0.05) is 0 Å². The van der Waals surface area contributed by atoms with Gasteiger partial charge in [0.25, 0.3) is 5.91 Å². The normalized spacial score (nSPS) is 14.6. The zero-order valence-corrected chi connectivity index (χ0v) is 11.8. The van der Waals surface area contributed by atoms with Crippen molar-refractivity contribution in [1.82, 2.24) is 20.0 Å². The average molecular weight is 276 g/mol. The Kier molecular flexibility index (Phi) is 3.12. The molecule has 0 aliphatic carbocycles. The van der Waals surface area contributed by atoms with Crippen LogP contribution in [0, 0.1) is 0 Å². The van der Waals surface area contributed by atoms with Crippen LogP contribution in [0.3, 0.4) is 0 Å². The summed E-state index contributed by atoms with van der Waals surface area (Å²) in [7, 11) is 3.50. The molecule has 100 valence electrons. The lowest BCUT2D eigenvalue weighted by Gasteiger charge is -2.14. The first-order chi connectivity index (χ1) is 9.15. The van der Waals surface area contributed by atoms with Crippen LogP contribution >= 0.6 is 11.3 Å². The van der Waals surface area contributed by atoms with E-state index in [1.807, 2.05) is 0 Å². The molecule has 0 radical (unpaired) electrons. The van der Waals surface area contributed by atoms with Crippen molar-refractivity contribution < 1.29 is 4.79 Å². The summed E-state index contributed by atoms with van der Waals surface area (Å²) in [5.74, 6) is -0.0325. The summed E-state index contributed by atoms with van der Waals surface area (Å²) < 4.78 is 0. The molecule has 0 saturated carbocycles. The van der Waals surface area contributed by atoms with E-state index in [4.69, 9.17) is 0 Å². The van der Waals surface area contributed by atoms with Crippen molar-refractivity contribution in [3.05, 3.63) is 39.3 Å². The van der Waals surface area contributed by atoms with Gasteiger partial charge >= 0.3 is 0 Å². The number of thiophene rings is 1. The van der Waals surface area contributed by atoms with E-state index in [0.29, 0.717) is 5.69 Å². The number of hydrogen-bond donors (Lipinski definition) is 1. The van der Waals surface area contributed by atoms with Crippen molar-refractivity contribution in [2.24, 2.45) is 0 Å². The fourth-order valence-corrected chi connectivity index (χ4v) is 3.01. The highest BCUT2D eigenvalue weighted by Gasteiger charge is 2.28. The van der Waals surface area contributed by atoms with Gasteiger partial charge in [0.1, 0.15) is 0 Å². The van der Waals surface area contributed by atoms with E-state index in [1.54, 1.807) is 30.3 Å². The van der Waals surface area contributed by atoms with Gasteiger partial charge in [0, 0.05) is 39.3 Å². The quantitative estimate of drug-likeness (QED) is 0.928. The Morgan fingerprint density at radius 1 is 1.53 bits per heavy atom. The van der Waals surface area contributed by atoms with E-state index in [9.17, 15) is 4.79 Å². The molecule has 1 aliphatic heterocycles. The topological polar surface area (TPSA) is 52.2 Å². The number of hydrogen-bond acceptors (Lipinski definition) is 4. The van der Waals surface area contributed by atoms with E-state index in [0.717, 1.165) is 30.9 Å². The van der Waals surface area contributed by atoms with E-state index in [-0.39, 0.29) is 5.91 Å². The van der Waals surface area contributed by atoms with E-state index in [1.165, 1.54) is 5.56 Å². The number of rotatable bonds is 3. The van der Waals surface area contributed by atoms with Crippen LogP contribution in [0.15, 0.2) is 16.8 Å². The first-order valence-corrected chi connectivity index (χ1v) is 7.10. The van der Waals surface area contributed by atoms with Crippen molar-refractivity contribution in [3.8, 4) is 0 Å². The zero-order valence-electron chi connectivity index (χ0n) is 11.0. The van der Waals surface area contributed by atoms with Gasteiger partial charge in [0.15, 0.2) is 5.69 Å². The summed E-state index contributed by atoms with van der Waals surface area (Å²) in [6.07, 6.45) is 0. The number of carbonyl (C=O) groups excluding carboxylic acids is 1. The molecule has 2 aromatic rings. The molecule has 0 unspecified atom stereocenters. The van der Waals surface area contributed by atoms with Crippen LogP contribution in [0.4, 0.5) is 0 Å². The van der Waals surface area contributed by atoms with Crippen LogP contribution in [0.5, 0.6) is 0 Å². The first-order valence-electron chi connectivity index (χ1n) is 6.16. The van der Waals surface area contributed by atoms with Crippen molar-refractivity contribution in [1.29, 1.82) is 0 Å². The number of nitrogens with one attached hydrogen (secondary N) is 1. The van der Waals surface area contributed by atoms with Gasteiger partial charge in [-0.3, -0.25) is 14.8 Å². The molecule has 0 bridgehead atoms. The highest BCUT2D eigenvalue weighted by atomic mass is 32.1.